The van der Waals surface area contributed by atoms with Crippen LogP contribution in [0.4, 0.5) is 22.4 Å². The summed E-state index contributed by atoms with van der Waals surface area (Å²) in [5.41, 5.74) is -0.238. The van der Waals surface area contributed by atoms with E-state index in [0.29, 0.717) is 13.0 Å². The molecule has 0 fully saturated rings. The van der Waals surface area contributed by atoms with Crippen LogP contribution in [-0.4, -0.2) is 28.3 Å². The van der Waals surface area contributed by atoms with Gasteiger partial charge in [0.15, 0.2) is 6.04 Å². The summed E-state index contributed by atoms with van der Waals surface area (Å²) in [5, 5.41) is 4.24. The Hall–Kier alpha value is -2.58. The predicted octanol–water partition coefficient (Wildman–Crippen LogP) is 3.02. The molecule has 1 aromatic heterocycles. The van der Waals surface area contributed by atoms with E-state index in [1.807, 2.05) is 5.32 Å². The zero-order valence-electron chi connectivity index (χ0n) is 12.6. The van der Waals surface area contributed by atoms with Gasteiger partial charge >= 0.3 is 12.2 Å². The topological polar surface area (TPSA) is 59.0 Å². The van der Waals surface area contributed by atoms with Crippen LogP contribution in [0.1, 0.15) is 18.0 Å². The molecule has 2 aromatic rings. The lowest BCUT2D eigenvalue weighted by Crippen LogP contribution is -2.43. The van der Waals surface area contributed by atoms with Crippen molar-refractivity contribution in [3.8, 4) is 0 Å². The smallest absolute Gasteiger partial charge is 0.338 e. The highest BCUT2D eigenvalue weighted by atomic mass is 19.4. The van der Waals surface area contributed by atoms with Gasteiger partial charge in [0.25, 0.3) is 0 Å². The van der Waals surface area contributed by atoms with E-state index in [4.69, 9.17) is 0 Å². The maximum atomic E-state index is 13.1. The van der Waals surface area contributed by atoms with Crippen molar-refractivity contribution in [2.75, 3.05) is 6.54 Å². The Labute approximate surface area is 135 Å². The van der Waals surface area contributed by atoms with Gasteiger partial charge in [-0.3, -0.25) is 0 Å². The van der Waals surface area contributed by atoms with Crippen LogP contribution in [0.15, 0.2) is 43.0 Å². The molecule has 2 N–H and O–H groups in total. The normalized spacial score (nSPS) is 12.7. The van der Waals surface area contributed by atoms with Crippen LogP contribution in [-0.2, 0) is 6.54 Å². The molecule has 1 atom stereocenters. The fourth-order valence-electron chi connectivity index (χ4n) is 2.07. The highest BCUT2D eigenvalue weighted by Crippen LogP contribution is 2.32. The molecule has 9 heteroatoms. The fourth-order valence-corrected chi connectivity index (χ4v) is 2.07. The van der Waals surface area contributed by atoms with Crippen LogP contribution in [0.2, 0.25) is 0 Å². The number of aromatic nitrogens is 2. The zero-order chi connectivity index (χ0) is 17.6. The van der Waals surface area contributed by atoms with Gasteiger partial charge in [-0.2, -0.15) is 13.2 Å². The highest BCUT2D eigenvalue weighted by Gasteiger charge is 2.41. The average Bonchev–Trinajstić information content (AvgIpc) is 3.02. The molecule has 5 nitrogen and oxygen atoms in total. The second-order valence-corrected chi connectivity index (χ2v) is 5.08. The van der Waals surface area contributed by atoms with Gasteiger partial charge in [0.1, 0.15) is 5.82 Å². The van der Waals surface area contributed by atoms with Crippen molar-refractivity contribution in [1.82, 2.24) is 20.2 Å². The first-order valence-corrected chi connectivity index (χ1v) is 7.18. The van der Waals surface area contributed by atoms with Crippen LogP contribution in [0, 0.1) is 5.82 Å². The summed E-state index contributed by atoms with van der Waals surface area (Å²) < 4.78 is 53.9. The molecule has 0 aliphatic rings. The first-order chi connectivity index (χ1) is 11.4. The maximum Gasteiger partial charge on any atom is 0.412 e. The molecule has 24 heavy (non-hydrogen) atoms. The molecule has 0 saturated carbocycles. The molecule has 1 aromatic carbocycles. The van der Waals surface area contributed by atoms with Crippen LogP contribution < -0.4 is 10.6 Å². The minimum atomic E-state index is -4.69. The molecule has 0 radical (unpaired) electrons. The number of hydrogen-bond acceptors (Lipinski definition) is 2. The Bertz CT molecular complexity index is 640. The molecule has 130 valence electrons. The third kappa shape index (κ3) is 5.25. The van der Waals surface area contributed by atoms with Gasteiger partial charge in [0.2, 0.25) is 0 Å². The Balaban J connectivity index is 1.87. The van der Waals surface area contributed by atoms with Gasteiger partial charge in [-0.1, -0.05) is 12.1 Å². The number of hydrogen-bond donors (Lipinski definition) is 2. The van der Waals surface area contributed by atoms with Crippen LogP contribution in [0.3, 0.4) is 0 Å². The van der Waals surface area contributed by atoms with Gasteiger partial charge in [0, 0.05) is 25.5 Å². The summed E-state index contributed by atoms with van der Waals surface area (Å²) in [7, 11) is 0. The van der Waals surface area contributed by atoms with Crippen LogP contribution in [0.25, 0.3) is 0 Å². The summed E-state index contributed by atoms with van der Waals surface area (Å²) in [6.07, 6.45) is 0.808. The number of alkyl halides is 3. The van der Waals surface area contributed by atoms with Crippen molar-refractivity contribution in [3.63, 3.8) is 0 Å². The number of rotatable bonds is 6. The lowest BCUT2D eigenvalue weighted by Gasteiger charge is -2.22. The molecule has 0 unspecified atom stereocenters. The highest BCUT2D eigenvalue weighted by molar-refractivity contribution is 5.74. The standard InChI is InChI=1S/C15H16F4N4O/c16-12-4-2-11(3-5-12)13(15(17,18)19)22-14(24)21-6-1-8-23-9-7-20-10-23/h2-5,7,9-10,13H,1,6,8H2,(H2,21,22,24)/t13-/m0/s1. The Morgan fingerprint density at radius 1 is 1.25 bits per heavy atom. The SMILES string of the molecule is O=C(NCCCn1ccnc1)N[C@@H](c1ccc(F)cc1)C(F)(F)F. The van der Waals surface area contributed by atoms with Gasteiger partial charge in [-0.15, -0.1) is 0 Å². The summed E-state index contributed by atoms with van der Waals surface area (Å²) >= 11 is 0. The third-order valence-electron chi connectivity index (χ3n) is 3.24. The number of aryl methyl sites for hydroxylation is 1. The molecule has 0 aliphatic carbocycles. The number of carbonyl (C=O) groups excluding carboxylic acids is 1. The second-order valence-electron chi connectivity index (χ2n) is 5.08. The maximum absolute atomic E-state index is 13.1. The predicted molar refractivity (Wildman–Crippen MR) is 78.6 cm³/mol. The lowest BCUT2D eigenvalue weighted by atomic mass is 10.1. The summed E-state index contributed by atoms with van der Waals surface area (Å²) in [5.74, 6) is -0.649. The lowest BCUT2D eigenvalue weighted by molar-refractivity contribution is -0.154. The molecule has 2 amide bonds. The summed E-state index contributed by atoms with van der Waals surface area (Å²) in [4.78, 5) is 15.5. The molecule has 0 bridgehead atoms. The number of benzene rings is 1. The van der Waals surface area contributed by atoms with E-state index in [0.717, 1.165) is 24.3 Å². The first kappa shape index (κ1) is 17.8. The number of nitrogens with zero attached hydrogens (tertiary/aromatic N) is 2. The Morgan fingerprint density at radius 3 is 2.54 bits per heavy atom. The minimum absolute atomic E-state index is 0.206. The quantitative estimate of drug-likeness (QED) is 0.625. The van der Waals surface area contributed by atoms with Gasteiger partial charge in [-0.05, 0) is 24.1 Å². The summed E-state index contributed by atoms with van der Waals surface area (Å²) in [6.45, 7) is 0.791. The first-order valence-electron chi connectivity index (χ1n) is 7.18. The molecule has 0 spiro atoms. The van der Waals surface area contributed by atoms with Crippen molar-refractivity contribution in [2.24, 2.45) is 0 Å². The van der Waals surface area contributed by atoms with E-state index >= 15 is 0 Å². The third-order valence-corrected chi connectivity index (χ3v) is 3.24. The number of nitrogens with one attached hydrogen (secondary N) is 2. The van der Waals surface area contributed by atoms with Gasteiger partial charge in [0.05, 0.1) is 6.33 Å². The molecular weight excluding hydrogens is 328 g/mol. The second kappa shape index (κ2) is 7.80. The zero-order valence-corrected chi connectivity index (χ0v) is 12.6. The number of imidazole rings is 1. The molecule has 0 aliphatic heterocycles. The Morgan fingerprint density at radius 2 is 1.96 bits per heavy atom. The van der Waals surface area contributed by atoms with Gasteiger partial charge < -0.3 is 15.2 Å². The van der Waals surface area contributed by atoms with E-state index in [1.165, 1.54) is 0 Å². The van der Waals surface area contributed by atoms with Crippen molar-refractivity contribution >= 4 is 6.03 Å². The van der Waals surface area contributed by atoms with E-state index in [1.54, 1.807) is 23.3 Å². The number of halogens is 4. The molecule has 0 saturated heterocycles. The van der Waals surface area contributed by atoms with Crippen molar-refractivity contribution in [2.45, 2.75) is 25.2 Å². The molecular formula is C15H16F4N4O. The number of carbonyl (C=O) groups is 1. The van der Waals surface area contributed by atoms with Crippen LogP contribution in [0.5, 0.6) is 0 Å². The van der Waals surface area contributed by atoms with Crippen molar-refractivity contribution in [3.05, 3.63) is 54.4 Å². The molecule has 1 heterocycles. The average molecular weight is 344 g/mol. The largest absolute Gasteiger partial charge is 0.412 e. The van der Waals surface area contributed by atoms with Crippen molar-refractivity contribution < 1.29 is 22.4 Å². The van der Waals surface area contributed by atoms with E-state index in [9.17, 15) is 22.4 Å². The van der Waals surface area contributed by atoms with Crippen molar-refractivity contribution in [1.29, 1.82) is 0 Å². The number of urea groups is 1. The van der Waals surface area contributed by atoms with Gasteiger partial charge in [-0.25, -0.2) is 14.2 Å². The molecule has 2 rings (SSSR count). The van der Waals surface area contributed by atoms with E-state index in [2.05, 4.69) is 10.3 Å². The Kier molecular flexibility index (Phi) is 5.78. The van der Waals surface area contributed by atoms with E-state index in [-0.39, 0.29) is 12.1 Å². The van der Waals surface area contributed by atoms with E-state index < -0.39 is 24.1 Å². The number of amides is 2. The summed E-state index contributed by atoms with van der Waals surface area (Å²) in [6, 6.07) is 0.677. The van der Waals surface area contributed by atoms with Crippen LogP contribution >= 0.6 is 0 Å². The fraction of sp³-hybridized carbons (Fsp3) is 0.333. The minimum Gasteiger partial charge on any atom is -0.338 e. The monoisotopic (exact) mass is 344 g/mol.